The molecule has 0 bridgehead atoms. The number of hydrogen-bond donors (Lipinski definition) is 4. The standard InChI is InChI=1S/C21H19N3O4/c25-12-14(26)10-24-11-16(15-8-4-5-9-17(15)24)18-19(21(28)23-20(18)27)22-13-6-2-1-3-7-13/h1-9,11,14,25-26H,10,12H2,(H2,22,23,27,28). The molecule has 2 heterocycles. The third-order valence-electron chi connectivity index (χ3n) is 4.65. The lowest BCUT2D eigenvalue weighted by Gasteiger charge is -2.09. The number of fused-ring (bicyclic) bond motifs is 1. The van der Waals surface area contributed by atoms with Crippen molar-refractivity contribution < 1.29 is 19.8 Å². The largest absolute Gasteiger partial charge is 0.394 e. The summed E-state index contributed by atoms with van der Waals surface area (Å²) in [5.74, 6) is -0.967. The van der Waals surface area contributed by atoms with Gasteiger partial charge in [-0.2, -0.15) is 0 Å². The Labute approximate surface area is 160 Å². The number of rotatable bonds is 6. The number of imide groups is 1. The Bertz CT molecular complexity index is 1090. The normalized spacial score (nSPS) is 15.2. The number of aromatic nitrogens is 1. The fourth-order valence-electron chi connectivity index (χ4n) is 3.38. The number of amides is 2. The molecule has 3 aromatic rings. The summed E-state index contributed by atoms with van der Waals surface area (Å²) in [5.41, 5.74) is 2.51. The van der Waals surface area contributed by atoms with E-state index in [-0.39, 0.29) is 24.4 Å². The van der Waals surface area contributed by atoms with Gasteiger partial charge in [-0.05, 0) is 18.2 Å². The molecule has 0 fully saturated rings. The monoisotopic (exact) mass is 377 g/mol. The first-order valence-corrected chi connectivity index (χ1v) is 8.87. The predicted octanol–water partition coefficient (Wildman–Crippen LogP) is 1.47. The van der Waals surface area contributed by atoms with Gasteiger partial charge in [0.25, 0.3) is 11.8 Å². The van der Waals surface area contributed by atoms with Crippen LogP contribution in [0.15, 0.2) is 66.5 Å². The number of hydrogen-bond acceptors (Lipinski definition) is 5. The van der Waals surface area contributed by atoms with Gasteiger partial charge in [0, 0.05) is 28.4 Å². The van der Waals surface area contributed by atoms with Crippen LogP contribution in [0.3, 0.4) is 0 Å². The van der Waals surface area contributed by atoms with Crippen LogP contribution in [0, 0.1) is 0 Å². The number of nitrogens with one attached hydrogen (secondary N) is 2. The van der Waals surface area contributed by atoms with E-state index in [1.54, 1.807) is 10.8 Å². The van der Waals surface area contributed by atoms with Crippen LogP contribution in [0.2, 0.25) is 0 Å². The number of benzene rings is 2. The summed E-state index contributed by atoms with van der Waals surface area (Å²) in [7, 11) is 0. The molecule has 1 atom stereocenters. The van der Waals surface area contributed by atoms with Crippen molar-refractivity contribution in [3.63, 3.8) is 0 Å². The lowest BCUT2D eigenvalue weighted by atomic mass is 10.0. The minimum absolute atomic E-state index is 0.168. The van der Waals surface area contributed by atoms with Gasteiger partial charge in [-0.25, -0.2) is 0 Å². The van der Waals surface area contributed by atoms with Gasteiger partial charge in [0.1, 0.15) is 5.70 Å². The summed E-state index contributed by atoms with van der Waals surface area (Å²) in [6.07, 6.45) is 0.794. The topological polar surface area (TPSA) is 104 Å². The van der Waals surface area contributed by atoms with Gasteiger partial charge >= 0.3 is 0 Å². The molecule has 28 heavy (non-hydrogen) atoms. The average Bonchev–Trinajstić information content (AvgIpc) is 3.19. The Morgan fingerprint density at radius 2 is 1.71 bits per heavy atom. The molecule has 1 aliphatic rings. The summed E-state index contributed by atoms with van der Waals surface area (Å²) < 4.78 is 1.77. The average molecular weight is 377 g/mol. The molecule has 0 spiro atoms. The molecule has 0 aliphatic carbocycles. The molecule has 142 valence electrons. The lowest BCUT2D eigenvalue weighted by molar-refractivity contribution is -0.123. The number of carbonyl (C=O) groups is 2. The van der Waals surface area contributed by atoms with E-state index < -0.39 is 17.9 Å². The number of aliphatic hydroxyl groups is 2. The molecule has 0 saturated carbocycles. The van der Waals surface area contributed by atoms with E-state index in [1.165, 1.54) is 0 Å². The smallest absolute Gasteiger partial charge is 0.275 e. The van der Waals surface area contributed by atoms with Crippen LogP contribution in [0.25, 0.3) is 16.5 Å². The van der Waals surface area contributed by atoms with E-state index in [4.69, 9.17) is 0 Å². The van der Waals surface area contributed by atoms with E-state index in [0.29, 0.717) is 11.3 Å². The summed E-state index contributed by atoms with van der Waals surface area (Å²) in [4.78, 5) is 25.0. The van der Waals surface area contributed by atoms with Crippen molar-refractivity contribution in [1.29, 1.82) is 0 Å². The molecular formula is C21H19N3O4. The molecule has 7 nitrogen and oxygen atoms in total. The summed E-state index contributed by atoms with van der Waals surface area (Å²) in [5, 5.41) is 25.2. The molecule has 2 amide bonds. The van der Waals surface area contributed by atoms with Crippen LogP contribution in [-0.2, 0) is 16.1 Å². The van der Waals surface area contributed by atoms with Gasteiger partial charge in [-0.3, -0.25) is 14.9 Å². The highest BCUT2D eigenvalue weighted by molar-refractivity contribution is 6.38. The first kappa shape index (κ1) is 18.0. The fourth-order valence-corrected chi connectivity index (χ4v) is 3.38. The maximum Gasteiger partial charge on any atom is 0.275 e. The highest BCUT2D eigenvalue weighted by Gasteiger charge is 2.33. The third-order valence-corrected chi connectivity index (χ3v) is 4.65. The zero-order chi connectivity index (χ0) is 19.7. The molecule has 0 saturated heterocycles. The SMILES string of the molecule is O=C1NC(=O)C(c2cn(CC(O)CO)c3ccccc23)=C1Nc1ccccc1. The summed E-state index contributed by atoms with van der Waals surface area (Å²) in [6.45, 7) is -0.203. The number of para-hydroxylation sites is 2. The molecule has 4 rings (SSSR count). The second kappa shape index (κ2) is 7.30. The van der Waals surface area contributed by atoms with Crippen LogP contribution in [-0.4, -0.2) is 39.3 Å². The highest BCUT2D eigenvalue weighted by Crippen LogP contribution is 2.32. The molecule has 2 aromatic carbocycles. The zero-order valence-electron chi connectivity index (χ0n) is 14.9. The van der Waals surface area contributed by atoms with Crippen molar-refractivity contribution in [3.8, 4) is 0 Å². The van der Waals surface area contributed by atoms with Gasteiger partial charge in [-0.15, -0.1) is 0 Å². The first-order chi connectivity index (χ1) is 13.6. The predicted molar refractivity (Wildman–Crippen MR) is 105 cm³/mol. The lowest BCUT2D eigenvalue weighted by Crippen LogP contribution is -2.24. The van der Waals surface area contributed by atoms with Gasteiger partial charge in [-0.1, -0.05) is 36.4 Å². The van der Waals surface area contributed by atoms with Crippen LogP contribution < -0.4 is 10.6 Å². The van der Waals surface area contributed by atoms with Crippen LogP contribution in [0.4, 0.5) is 5.69 Å². The maximum atomic E-state index is 12.6. The minimum atomic E-state index is -0.932. The molecule has 1 aromatic heterocycles. The summed E-state index contributed by atoms with van der Waals surface area (Å²) >= 11 is 0. The maximum absolute atomic E-state index is 12.6. The van der Waals surface area contributed by atoms with Gasteiger partial charge in [0.15, 0.2) is 0 Å². The van der Waals surface area contributed by atoms with E-state index >= 15 is 0 Å². The minimum Gasteiger partial charge on any atom is -0.394 e. The Morgan fingerprint density at radius 1 is 1.00 bits per heavy atom. The van der Waals surface area contributed by atoms with E-state index in [9.17, 15) is 19.8 Å². The second-order valence-electron chi connectivity index (χ2n) is 6.57. The van der Waals surface area contributed by atoms with Crippen LogP contribution in [0.5, 0.6) is 0 Å². The Morgan fingerprint density at radius 3 is 2.46 bits per heavy atom. The Balaban J connectivity index is 1.86. The van der Waals surface area contributed by atoms with Crippen molar-refractivity contribution in [2.24, 2.45) is 0 Å². The number of carbonyl (C=O) groups excluding carboxylic acids is 2. The van der Waals surface area contributed by atoms with Crippen molar-refractivity contribution in [1.82, 2.24) is 9.88 Å². The van der Waals surface area contributed by atoms with E-state index in [2.05, 4.69) is 10.6 Å². The van der Waals surface area contributed by atoms with E-state index in [1.807, 2.05) is 54.6 Å². The first-order valence-electron chi connectivity index (χ1n) is 8.87. The van der Waals surface area contributed by atoms with Gasteiger partial charge in [0.05, 0.1) is 24.8 Å². The summed E-state index contributed by atoms with van der Waals surface area (Å²) in [6, 6.07) is 16.6. The number of nitrogens with zero attached hydrogens (tertiary/aromatic N) is 1. The van der Waals surface area contributed by atoms with Gasteiger partial charge < -0.3 is 20.1 Å². The fraction of sp³-hybridized carbons (Fsp3) is 0.143. The van der Waals surface area contributed by atoms with Crippen LogP contribution in [0.1, 0.15) is 5.56 Å². The van der Waals surface area contributed by atoms with Crippen molar-refractivity contribution in [2.75, 3.05) is 11.9 Å². The quantitative estimate of drug-likeness (QED) is 0.487. The molecule has 7 heteroatoms. The van der Waals surface area contributed by atoms with Crippen LogP contribution >= 0.6 is 0 Å². The number of anilines is 1. The third kappa shape index (κ3) is 3.17. The second-order valence-corrected chi connectivity index (χ2v) is 6.57. The molecule has 1 aliphatic heterocycles. The highest BCUT2D eigenvalue weighted by atomic mass is 16.3. The Kier molecular flexibility index (Phi) is 4.68. The molecule has 1 unspecified atom stereocenters. The Hall–Kier alpha value is -3.42. The van der Waals surface area contributed by atoms with Gasteiger partial charge in [0.2, 0.25) is 0 Å². The van der Waals surface area contributed by atoms with Crippen molar-refractivity contribution >= 4 is 34.0 Å². The van der Waals surface area contributed by atoms with Crippen molar-refractivity contribution in [2.45, 2.75) is 12.6 Å². The zero-order valence-corrected chi connectivity index (χ0v) is 14.9. The van der Waals surface area contributed by atoms with E-state index in [0.717, 1.165) is 10.9 Å². The molecule has 4 N–H and O–H groups in total. The molecular weight excluding hydrogens is 358 g/mol. The van der Waals surface area contributed by atoms with Crippen molar-refractivity contribution in [3.05, 3.63) is 72.1 Å². The molecule has 0 radical (unpaired) electrons. The number of aliphatic hydroxyl groups excluding tert-OH is 2.